The molecule has 0 aliphatic heterocycles. The number of carboxylic acid groups (broad SMARTS) is 1. The number of amides is 1. The van der Waals surface area contributed by atoms with Crippen LogP contribution in [0.15, 0.2) is 18.2 Å². The van der Waals surface area contributed by atoms with Crippen LogP contribution in [0.1, 0.15) is 43.7 Å². The van der Waals surface area contributed by atoms with Crippen LogP contribution in [0, 0.1) is 6.92 Å². The lowest BCUT2D eigenvalue weighted by molar-refractivity contribution is -0.137. The third-order valence-corrected chi connectivity index (χ3v) is 3.03. The SMILES string of the molecule is Cc1ccc(C(C)C)c(OCCCC(=O)NCC(=O)O)c1. The molecule has 5 nitrogen and oxygen atoms in total. The third kappa shape index (κ3) is 6.29. The van der Waals surface area contributed by atoms with Gasteiger partial charge in [0.25, 0.3) is 0 Å². The third-order valence-electron chi connectivity index (χ3n) is 3.03. The van der Waals surface area contributed by atoms with Crippen molar-refractivity contribution < 1.29 is 19.4 Å². The smallest absolute Gasteiger partial charge is 0.322 e. The Morgan fingerprint density at radius 1 is 1.33 bits per heavy atom. The quantitative estimate of drug-likeness (QED) is 0.722. The fourth-order valence-corrected chi connectivity index (χ4v) is 1.92. The minimum atomic E-state index is -1.04. The highest BCUT2D eigenvalue weighted by Crippen LogP contribution is 2.27. The summed E-state index contributed by atoms with van der Waals surface area (Å²) in [6, 6.07) is 6.12. The molecule has 2 N–H and O–H groups in total. The zero-order valence-electron chi connectivity index (χ0n) is 12.8. The number of carboxylic acids is 1. The minimum Gasteiger partial charge on any atom is -0.493 e. The highest BCUT2D eigenvalue weighted by atomic mass is 16.5. The van der Waals surface area contributed by atoms with Crippen LogP contribution in [0.5, 0.6) is 5.75 Å². The average molecular weight is 293 g/mol. The molecule has 0 aliphatic rings. The van der Waals surface area contributed by atoms with E-state index >= 15 is 0 Å². The van der Waals surface area contributed by atoms with Gasteiger partial charge >= 0.3 is 5.97 Å². The molecule has 0 fully saturated rings. The van der Waals surface area contributed by atoms with Crippen LogP contribution in [0.2, 0.25) is 0 Å². The predicted octanol–water partition coefficient (Wildman–Crippen LogP) is 2.48. The molecule has 0 unspecified atom stereocenters. The second-order valence-electron chi connectivity index (χ2n) is 5.32. The second kappa shape index (κ2) is 8.29. The number of aryl methyl sites for hydroxylation is 1. The van der Waals surface area contributed by atoms with E-state index in [1.807, 2.05) is 13.0 Å². The van der Waals surface area contributed by atoms with Crippen molar-refractivity contribution in [3.63, 3.8) is 0 Å². The molecule has 0 aromatic heterocycles. The number of carbonyl (C=O) groups is 2. The molecule has 0 radical (unpaired) electrons. The predicted molar refractivity (Wildman–Crippen MR) is 80.6 cm³/mol. The molecule has 0 bridgehead atoms. The normalized spacial score (nSPS) is 10.5. The standard InChI is InChI=1S/C16H23NO4/c1-11(2)13-7-6-12(3)9-14(13)21-8-4-5-15(18)17-10-16(19)20/h6-7,9,11H,4-5,8,10H2,1-3H3,(H,17,18)(H,19,20). The summed E-state index contributed by atoms with van der Waals surface area (Å²) in [5.41, 5.74) is 2.28. The molecule has 0 heterocycles. The first-order chi connectivity index (χ1) is 9.90. The molecule has 1 aromatic carbocycles. The van der Waals surface area contributed by atoms with Gasteiger partial charge in [0.15, 0.2) is 0 Å². The number of nitrogens with one attached hydrogen (secondary N) is 1. The second-order valence-corrected chi connectivity index (χ2v) is 5.32. The molecule has 0 aliphatic carbocycles. The van der Waals surface area contributed by atoms with Crippen LogP contribution in [0.25, 0.3) is 0 Å². The number of ether oxygens (including phenoxy) is 1. The van der Waals surface area contributed by atoms with Crippen LogP contribution in [0.4, 0.5) is 0 Å². The van der Waals surface area contributed by atoms with E-state index in [9.17, 15) is 9.59 Å². The zero-order valence-corrected chi connectivity index (χ0v) is 12.8. The zero-order chi connectivity index (χ0) is 15.8. The van der Waals surface area contributed by atoms with Gasteiger partial charge in [-0.3, -0.25) is 9.59 Å². The molecular weight excluding hydrogens is 270 g/mol. The number of benzene rings is 1. The van der Waals surface area contributed by atoms with Gasteiger partial charge in [0, 0.05) is 6.42 Å². The number of carbonyl (C=O) groups excluding carboxylic acids is 1. The fourth-order valence-electron chi connectivity index (χ4n) is 1.92. The van der Waals surface area contributed by atoms with Crippen molar-refractivity contribution in [1.82, 2.24) is 5.32 Å². The van der Waals surface area contributed by atoms with Crippen molar-refractivity contribution in [3.8, 4) is 5.75 Å². The minimum absolute atomic E-state index is 0.260. The van der Waals surface area contributed by atoms with Crippen LogP contribution in [-0.4, -0.2) is 30.1 Å². The Hall–Kier alpha value is -2.04. The Morgan fingerprint density at radius 2 is 2.05 bits per heavy atom. The summed E-state index contributed by atoms with van der Waals surface area (Å²) >= 11 is 0. The highest BCUT2D eigenvalue weighted by molar-refractivity contribution is 5.80. The molecular formula is C16H23NO4. The maximum absolute atomic E-state index is 11.4. The van der Waals surface area contributed by atoms with Crippen molar-refractivity contribution in [2.24, 2.45) is 0 Å². The lowest BCUT2D eigenvalue weighted by Crippen LogP contribution is -2.29. The Bertz CT molecular complexity index is 497. The number of aliphatic carboxylic acids is 1. The van der Waals surface area contributed by atoms with Crippen LogP contribution >= 0.6 is 0 Å². The molecule has 0 spiro atoms. The van der Waals surface area contributed by atoms with Crippen molar-refractivity contribution in [2.75, 3.05) is 13.2 Å². The fraction of sp³-hybridized carbons (Fsp3) is 0.500. The van der Waals surface area contributed by atoms with Crippen molar-refractivity contribution in [2.45, 2.75) is 39.5 Å². The maximum atomic E-state index is 11.4. The maximum Gasteiger partial charge on any atom is 0.322 e. The molecule has 1 rings (SSSR count). The van der Waals surface area contributed by atoms with E-state index in [1.165, 1.54) is 0 Å². The summed E-state index contributed by atoms with van der Waals surface area (Å²) in [4.78, 5) is 21.7. The van der Waals surface area contributed by atoms with Gasteiger partial charge in [0.2, 0.25) is 5.91 Å². The largest absolute Gasteiger partial charge is 0.493 e. The van der Waals surface area contributed by atoms with Gasteiger partial charge in [0.05, 0.1) is 6.61 Å². The van der Waals surface area contributed by atoms with Crippen molar-refractivity contribution >= 4 is 11.9 Å². The first-order valence-corrected chi connectivity index (χ1v) is 7.12. The Kier molecular flexibility index (Phi) is 6.72. The average Bonchev–Trinajstić information content (AvgIpc) is 2.41. The Balaban J connectivity index is 2.40. The van der Waals surface area contributed by atoms with Gasteiger partial charge in [-0.2, -0.15) is 0 Å². The molecule has 5 heteroatoms. The molecule has 0 atom stereocenters. The Morgan fingerprint density at radius 3 is 2.67 bits per heavy atom. The number of hydrogen-bond donors (Lipinski definition) is 2. The van der Waals surface area contributed by atoms with Gasteiger partial charge in [-0.25, -0.2) is 0 Å². The van der Waals surface area contributed by atoms with E-state index in [-0.39, 0.29) is 18.9 Å². The summed E-state index contributed by atoms with van der Waals surface area (Å²) in [5.74, 6) is -0.0781. The molecule has 21 heavy (non-hydrogen) atoms. The lowest BCUT2D eigenvalue weighted by Gasteiger charge is -2.14. The molecule has 0 saturated carbocycles. The summed E-state index contributed by atoms with van der Waals surface area (Å²) in [7, 11) is 0. The van der Waals surface area contributed by atoms with Crippen LogP contribution in [0.3, 0.4) is 0 Å². The topological polar surface area (TPSA) is 75.6 Å². The first-order valence-electron chi connectivity index (χ1n) is 7.12. The van der Waals surface area contributed by atoms with E-state index < -0.39 is 5.97 Å². The molecule has 116 valence electrons. The highest BCUT2D eigenvalue weighted by Gasteiger charge is 2.09. The summed E-state index contributed by atoms with van der Waals surface area (Å²) < 4.78 is 5.76. The van der Waals surface area contributed by atoms with Gasteiger partial charge in [-0.1, -0.05) is 26.0 Å². The van der Waals surface area contributed by atoms with Crippen molar-refractivity contribution in [1.29, 1.82) is 0 Å². The summed E-state index contributed by atoms with van der Waals surface area (Å²) in [6.07, 6.45) is 0.813. The first kappa shape index (κ1) is 17.0. The molecule has 1 aromatic rings. The van der Waals surface area contributed by atoms with E-state index in [4.69, 9.17) is 9.84 Å². The van der Waals surface area contributed by atoms with E-state index in [0.717, 1.165) is 16.9 Å². The van der Waals surface area contributed by atoms with Gasteiger partial charge in [0.1, 0.15) is 12.3 Å². The summed E-state index contributed by atoms with van der Waals surface area (Å²) in [6.45, 7) is 6.32. The van der Waals surface area contributed by atoms with Gasteiger partial charge in [-0.15, -0.1) is 0 Å². The Labute approximate surface area is 125 Å². The van der Waals surface area contributed by atoms with E-state index in [2.05, 4.69) is 31.3 Å². The molecule has 1 amide bonds. The molecule has 0 saturated heterocycles. The monoisotopic (exact) mass is 293 g/mol. The van der Waals surface area contributed by atoms with Crippen molar-refractivity contribution in [3.05, 3.63) is 29.3 Å². The summed E-state index contributed by atoms with van der Waals surface area (Å²) in [5, 5.41) is 10.8. The lowest BCUT2D eigenvalue weighted by atomic mass is 10.0. The van der Waals surface area contributed by atoms with Crippen LogP contribution < -0.4 is 10.1 Å². The van der Waals surface area contributed by atoms with E-state index in [1.54, 1.807) is 0 Å². The van der Waals surface area contributed by atoms with Crippen LogP contribution in [-0.2, 0) is 9.59 Å². The van der Waals surface area contributed by atoms with E-state index in [0.29, 0.717) is 18.9 Å². The van der Waals surface area contributed by atoms with Gasteiger partial charge in [-0.05, 0) is 36.5 Å². The van der Waals surface area contributed by atoms with Gasteiger partial charge < -0.3 is 15.2 Å². The number of rotatable bonds is 8. The number of hydrogen-bond acceptors (Lipinski definition) is 3.